The van der Waals surface area contributed by atoms with Crippen LogP contribution in [0.15, 0.2) is 24.3 Å². The van der Waals surface area contributed by atoms with Gasteiger partial charge in [-0.05, 0) is 18.2 Å². The number of rotatable bonds is 8. The molecule has 0 unspecified atom stereocenters. The number of ether oxygens (including phenoxy) is 3. The van der Waals surface area contributed by atoms with E-state index in [0.29, 0.717) is 24.3 Å². The number of carbonyl (C=O) groups excluding carboxylic acids is 3. The second kappa shape index (κ2) is 9.45. The lowest BCUT2D eigenvalue weighted by Gasteiger charge is -2.24. The molecule has 0 aliphatic carbocycles. The van der Waals surface area contributed by atoms with Crippen molar-refractivity contribution in [2.75, 3.05) is 39.3 Å². The Balaban J connectivity index is 2.90. The van der Waals surface area contributed by atoms with E-state index in [4.69, 9.17) is 4.74 Å². The van der Waals surface area contributed by atoms with Gasteiger partial charge in [0, 0.05) is 18.8 Å². The van der Waals surface area contributed by atoms with E-state index in [-0.39, 0.29) is 24.8 Å². The predicted molar refractivity (Wildman–Crippen MR) is 83.3 cm³/mol. The fraction of sp³-hybridized carbons (Fsp3) is 0.438. The molecule has 0 heterocycles. The topological polar surface area (TPSA) is 82.1 Å². The number of carbonyl (C=O) groups is 3. The van der Waals surface area contributed by atoms with Crippen molar-refractivity contribution in [2.24, 2.45) is 0 Å². The molecule has 0 aromatic heterocycles. The van der Waals surface area contributed by atoms with Crippen LogP contribution in [0.3, 0.4) is 0 Å². The largest absolute Gasteiger partial charge is 0.469 e. The zero-order valence-corrected chi connectivity index (χ0v) is 13.5. The van der Waals surface area contributed by atoms with Gasteiger partial charge in [0.1, 0.15) is 0 Å². The van der Waals surface area contributed by atoms with E-state index in [9.17, 15) is 14.4 Å². The second-order valence-electron chi connectivity index (χ2n) is 4.68. The van der Waals surface area contributed by atoms with Gasteiger partial charge in [0.05, 0.1) is 39.7 Å². The van der Waals surface area contributed by atoms with E-state index in [2.05, 4.69) is 9.47 Å². The molecule has 0 atom stereocenters. The van der Waals surface area contributed by atoms with Crippen LogP contribution in [0.25, 0.3) is 0 Å². The molecule has 0 radical (unpaired) electrons. The Morgan fingerprint density at radius 2 is 1.48 bits per heavy atom. The Labute approximate surface area is 135 Å². The first-order valence-corrected chi connectivity index (χ1v) is 7.08. The van der Waals surface area contributed by atoms with Crippen molar-refractivity contribution < 1.29 is 28.6 Å². The molecule has 0 bridgehead atoms. The molecule has 7 heteroatoms. The van der Waals surface area contributed by atoms with Crippen molar-refractivity contribution >= 4 is 23.6 Å². The number of benzene rings is 1. The van der Waals surface area contributed by atoms with Crippen molar-refractivity contribution in [3.63, 3.8) is 0 Å². The van der Waals surface area contributed by atoms with Gasteiger partial charge < -0.3 is 19.1 Å². The predicted octanol–water partition coefficient (Wildman–Crippen LogP) is 1.41. The third kappa shape index (κ3) is 5.98. The van der Waals surface area contributed by atoms with Gasteiger partial charge in [0.15, 0.2) is 0 Å². The van der Waals surface area contributed by atoms with E-state index in [1.165, 1.54) is 21.3 Å². The number of esters is 3. The molecule has 0 spiro atoms. The standard InChI is InChI=1S/C16H21NO6/c1-21-14(18)7-9-17(10-8-15(19)22-2)13-6-4-5-12(11-13)16(20)23-3/h4-6,11H,7-10H2,1-3H3. The van der Waals surface area contributed by atoms with Gasteiger partial charge in [-0.2, -0.15) is 0 Å². The molecule has 0 amide bonds. The molecule has 0 aliphatic rings. The summed E-state index contributed by atoms with van der Waals surface area (Å²) in [6, 6.07) is 6.79. The molecule has 126 valence electrons. The first-order chi connectivity index (χ1) is 11.0. The zero-order valence-electron chi connectivity index (χ0n) is 13.5. The Morgan fingerprint density at radius 1 is 0.913 bits per heavy atom. The maximum Gasteiger partial charge on any atom is 0.337 e. The molecule has 0 fully saturated rings. The lowest BCUT2D eigenvalue weighted by molar-refractivity contribution is -0.140. The molecule has 0 saturated carbocycles. The average molecular weight is 323 g/mol. The molecule has 1 rings (SSSR count). The third-order valence-corrected chi connectivity index (χ3v) is 3.26. The molecule has 23 heavy (non-hydrogen) atoms. The van der Waals surface area contributed by atoms with Crippen molar-refractivity contribution in [3.8, 4) is 0 Å². The minimum atomic E-state index is -0.451. The molecular weight excluding hydrogens is 302 g/mol. The highest BCUT2D eigenvalue weighted by Gasteiger charge is 2.14. The van der Waals surface area contributed by atoms with Gasteiger partial charge >= 0.3 is 17.9 Å². The van der Waals surface area contributed by atoms with E-state index >= 15 is 0 Å². The van der Waals surface area contributed by atoms with E-state index in [0.717, 1.165) is 0 Å². The first kappa shape index (κ1) is 18.5. The first-order valence-electron chi connectivity index (χ1n) is 7.08. The molecule has 1 aromatic rings. The van der Waals surface area contributed by atoms with Gasteiger partial charge in [-0.3, -0.25) is 9.59 Å². The summed E-state index contributed by atoms with van der Waals surface area (Å²) in [5, 5.41) is 0. The van der Waals surface area contributed by atoms with Crippen LogP contribution in [0.1, 0.15) is 23.2 Å². The maximum atomic E-state index is 11.6. The van der Waals surface area contributed by atoms with Crippen LogP contribution in [0.5, 0.6) is 0 Å². The summed E-state index contributed by atoms with van der Waals surface area (Å²) in [7, 11) is 3.94. The van der Waals surface area contributed by atoms with Gasteiger partial charge in [0.2, 0.25) is 0 Å². The Morgan fingerprint density at radius 3 is 1.96 bits per heavy atom. The molecule has 1 aromatic carbocycles. The Hall–Kier alpha value is -2.57. The Kier molecular flexibility index (Phi) is 7.59. The molecule has 7 nitrogen and oxygen atoms in total. The summed E-state index contributed by atoms with van der Waals surface area (Å²) in [6.07, 6.45) is 0.334. The van der Waals surface area contributed by atoms with Crippen LogP contribution in [0.4, 0.5) is 5.69 Å². The number of nitrogens with zero attached hydrogens (tertiary/aromatic N) is 1. The highest BCUT2D eigenvalue weighted by atomic mass is 16.5. The summed E-state index contributed by atoms with van der Waals surface area (Å²) in [5.74, 6) is -1.15. The molecule has 0 N–H and O–H groups in total. The minimum Gasteiger partial charge on any atom is -0.469 e. The van der Waals surface area contributed by atoms with Crippen LogP contribution in [0, 0.1) is 0 Å². The van der Waals surface area contributed by atoms with Crippen molar-refractivity contribution in [2.45, 2.75) is 12.8 Å². The highest BCUT2D eigenvalue weighted by Crippen LogP contribution is 2.18. The summed E-state index contributed by atoms with van der Waals surface area (Å²) < 4.78 is 14.0. The van der Waals surface area contributed by atoms with Crippen molar-refractivity contribution in [1.29, 1.82) is 0 Å². The van der Waals surface area contributed by atoms with Gasteiger partial charge in [-0.15, -0.1) is 0 Å². The second-order valence-corrected chi connectivity index (χ2v) is 4.68. The quantitative estimate of drug-likeness (QED) is 0.528. The average Bonchev–Trinajstić information content (AvgIpc) is 2.60. The number of hydrogen-bond donors (Lipinski definition) is 0. The normalized spacial score (nSPS) is 9.87. The lowest BCUT2D eigenvalue weighted by atomic mass is 10.1. The number of hydrogen-bond acceptors (Lipinski definition) is 7. The maximum absolute atomic E-state index is 11.6. The van der Waals surface area contributed by atoms with E-state index in [1.54, 1.807) is 24.3 Å². The van der Waals surface area contributed by atoms with Crippen LogP contribution >= 0.6 is 0 Å². The monoisotopic (exact) mass is 323 g/mol. The molecular formula is C16H21NO6. The van der Waals surface area contributed by atoms with E-state index < -0.39 is 5.97 Å². The zero-order chi connectivity index (χ0) is 17.2. The van der Waals surface area contributed by atoms with Gasteiger partial charge in [-0.1, -0.05) is 6.07 Å². The SMILES string of the molecule is COC(=O)CCN(CCC(=O)OC)c1cccc(C(=O)OC)c1. The number of anilines is 1. The van der Waals surface area contributed by atoms with Gasteiger partial charge in [-0.25, -0.2) is 4.79 Å². The van der Waals surface area contributed by atoms with Crippen LogP contribution in [-0.2, 0) is 23.8 Å². The van der Waals surface area contributed by atoms with E-state index in [1.807, 2.05) is 4.90 Å². The summed E-state index contributed by atoms with van der Waals surface area (Å²) >= 11 is 0. The van der Waals surface area contributed by atoms with Crippen molar-refractivity contribution in [1.82, 2.24) is 0 Å². The molecule has 0 saturated heterocycles. The minimum absolute atomic E-state index is 0.167. The molecule has 0 aliphatic heterocycles. The van der Waals surface area contributed by atoms with Crippen LogP contribution in [0.2, 0.25) is 0 Å². The summed E-state index contributed by atoms with van der Waals surface area (Å²) in [4.78, 5) is 36.1. The fourth-order valence-corrected chi connectivity index (χ4v) is 1.97. The van der Waals surface area contributed by atoms with Gasteiger partial charge in [0.25, 0.3) is 0 Å². The van der Waals surface area contributed by atoms with Crippen LogP contribution < -0.4 is 4.90 Å². The Bertz CT molecular complexity index is 537. The smallest absolute Gasteiger partial charge is 0.337 e. The lowest BCUT2D eigenvalue weighted by Crippen LogP contribution is -2.29. The van der Waals surface area contributed by atoms with Crippen LogP contribution in [-0.4, -0.2) is 52.3 Å². The summed E-state index contributed by atoms with van der Waals surface area (Å²) in [5.41, 5.74) is 1.10. The third-order valence-electron chi connectivity index (χ3n) is 3.26. The summed E-state index contributed by atoms with van der Waals surface area (Å²) in [6.45, 7) is 0.711. The number of methoxy groups -OCH3 is 3. The van der Waals surface area contributed by atoms with Crippen molar-refractivity contribution in [3.05, 3.63) is 29.8 Å². The fourth-order valence-electron chi connectivity index (χ4n) is 1.97. The highest BCUT2D eigenvalue weighted by molar-refractivity contribution is 5.90.